The zero-order chi connectivity index (χ0) is 25.3. The molecule has 5 nitrogen and oxygen atoms in total. The number of rotatable bonds is 7. The number of benzene rings is 1. The molecule has 2 aliphatic rings. The molecule has 0 spiro atoms. The fraction of sp³-hybridized carbons (Fsp3) is 0.759. The number of nitrogens with zero attached hydrogens (tertiary/aromatic N) is 1. The van der Waals surface area contributed by atoms with Gasteiger partial charge in [0, 0.05) is 26.3 Å². The minimum Gasteiger partial charge on any atom is -0.491 e. The fourth-order valence-electron chi connectivity index (χ4n) is 5.75. The first-order valence-electron chi connectivity index (χ1n) is 13.3. The van der Waals surface area contributed by atoms with Gasteiger partial charge in [0.2, 0.25) is 11.8 Å². The van der Waals surface area contributed by atoms with Crippen LogP contribution in [0.1, 0.15) is 93.1 Å². The summed E-state index contributed by atoms with van der Waals surface area (Å²) in [7, 11) is 0. The molecule has 8 unspecified atom stereocenters. The minimum absolute atomic E-state index is 0.0940. The third-order valence-electron chi connectivity index (χ3n) is 8.42. The summed E-state index contributed by atoms with van der Waals surface area (Å²) in [6.07, 6.45) is 7.12. The normalized spacial score (nSPS) is 35.5. The van der Waals surface area contributed by atoms with Gasteiger partial charge in [-0.05, 0) is 92.6 Å². The van der Waals surface area contributed by atoms with Crippen molar-refractivity contribution in [3.63, 3.8) is 0 Å². The van der Waals surface area contributed by atoms with E-state index in [1.807, 2.05) is 45.0 Å². The van der Waals surface area contributed by atoms with E-state index in [9.17, 15) is 10.3 Å². The van der Waals surface area contributed by atoms with E-state index in [4.69, 9.17) is 9.47 Å². The quantitative estimate of drug-likeness (QED) is 0.218. The average molecular weight is 475 g/mol. The summed E-state index contributed by atoms with van der Waals surface area (Å²) in [5.74, 6) is 2.26. The monoisotopic (exact) mass is 474 g/mol. The van der Waals surface area contributed by atoms with Crippen molar-refractivity contribution in [2.45, 2.75) is 117 Å². The third-order valence-corrected chi connectivity index (χ3v) is 8.42. The van der Waals surface area contributed by atoms with E-state index >= 15 is 0 Å². The summed E-state index contributed by atoms with van der Waals surface area (Å²) in [6.45, 7) is 16.9. The largest absolute Gasteiger partial charge is 0.491 e. The summed E-state index contributed by atoms with van der Waals surface area (Å²) < 4.78 is 14.2. The Hall–Kier alpha value is -1.59. The lowest BCUT2D eigenvalue weighted by Crippen LogP contribution is -2.56. The number of hydroxylamine groups is 1. The molecule has 3 rings (SSSR count). The smallest absolute Gasteiger partial charge is 0.223 e. The molecule has 0 amide bonds. The van der Waals surface area contributed by atoms with Gasteiger partial charge in [0.05, 0.1) is 23.9 Å². The lowest BCUT2D eigenvalue weighted by Gasteiger charge is -2.53. The maximum Gasteiger partial charge on any atom is 0.223 e. The molecular formula is C29H48NO4+. The van der Waals surface area contributed by atoms with E-state index in [1.54, 1.807) is 6.21 Å². The van der Waals surface area contributed by atoms with Crippen LogP contribution in [0.3, 0.4) is 0 Å². The highest BCUT2D eigenvalue weighted by Gasteiger charge is 2.50. The summed E-state index contributed by atoms with van der Waals surface area (Å²) in [6, 6.07) is 7.87. The van der Waals surface area contributed by atoms with Crippen molar-refractivity contribution in [1.29, 1.82) is 0 Å². The van der Waals surface area contributed by atoms with Gasteiger partial charge < -0.3 is 14.6 Å². The number of aliphatic hydroxyl groups excluding tert-OH is 1. The van der Waals surface area contributed by atoms with Crippen LogP contribution in [0.5, 0.6) is 5.75 Å². The molecule has 0 radical (unpaired) electrons. The van der Waals surface area contributed by atoms with Crippen molar-refractivity contribution >= 4 is 6.21 Å². The van der Waals surface area contributed by atoms with Gasteiger partial charge in [-0.1, -0.05) is 26.8 Å². The molecule has 34 heavy (non-hydrogen) atoms. The van der Waals surface area contributed by atoms with Gasteiger partial charge in [-0.15, -0.1) is 0 Å². The number of aliphatic hydroxyl groups is 1. The zero-order valence-corrected chi connectivity index (χ0v) is 22.6. The Morgan fingerprint density at radius 2 is 1.91 bits per heavy atom. The van der Waals surface area contributed by atoms with Crippen molar-refractivity contribution in [2.75, 3.05) is 0 Å². The van der Waals surface area contributed by atoms with E-state index in [2.05, 4.69) is 34.6 Å². The second kappa shape index (κ2) is 10.6. The zero-order valence-electron chi connectivity index (χ0n) is 22.6. The maximum atomic E-state index is 10.6. The fourth-order valence-corrected chi connectivity index (χ4v) is 5.75. The number of fused-ring (bicyclic) bond motifs is 1. The molecule has 1 aromatic carbocycles. The maximum absolute atomic E-state index is 10.6. The van der Waals surface area contributed by atoms with Gasteiger partial charge in [0.15, 0.2) is 0 Å². The highest BCUT2D eigenvalue weighted by Crippen LogP contribution is 2.48. The Balaban J connectivity index is 1.52. The van der Waals surface area contributed by atoms with Crippen LogP contribution >= 0.6 is 0 Å². The molecule has 1 saturated carbocycles. The molecular weight excluding hydrogens is 426 g/mol. The van der Waals surface area contributed by atoms with Gasteiger partial charge in [-0.25, -0.2) is 0 Å². The number of hydrogen-bond donors (Lipinski definition) is 2. The van der Waals surface area contributed by atoms with Crippen molar-refractivity contribution in [3.05, 3.63) is 29.8 Å². The summed E-state index contributed by atoms with van der Waals surface area (Å²) in [4.78, 5) is 0. The molecule has 1 heterocycles. The lowest BCUT2D eigenvalue weighted by molar-refractivity contribution is -0.816. The minimum atomic E-state index is -0.354. The van der Waals surface area contributed by atoms with E-state index in [0.29, 0.717) is 17.8 Å². The molecule has 1 aliphatic heterocycles. The van der Waals surface area contributed by atoms with Crippen LogP contribution in [0.25, 0.3) is 0 Å². The molecule has 0 bridgehead atoms. The molecule has 2 fully saturated rings. The average Bonchev–Trinajstić information content (AvgIpc) is 2.75. The van der Waals surface area contributed by atoms with Gasteiger partial charge in [0.1, 0.15) is 5.75 Å². The van der Waals surface area contributed by atoms with Crippen molar-refractivity contribution < 1.29 is 24.5 Å². The van der Waals surface area contributed by atoms with Crippen LogP contribution in [0.15, 0.2) is 24.3 Å². The van der Waals surface area contributed by atoms with Crippen molar-refractivity contribution in [2.24, 2.45) is 23.7 Å². The first-order valence-corrected chi connectivity index (χ1v) is 13.3. The summed E-state index contributed by atoms with van der Waals surface area (Å²) in [5.41, 5.74) is 0.464. The molecule has 192 valence electrons. The first-order chi connectivity index (χ1) is 15.8. The Bertz CT molecular complexity index is 847. The highest BCUT2D eigenvalue weighted by molar-refractivity contribution is 5.76. The molecule has 1 saturated heterocycles. The van der Waals surface area contributed by atoms with Crippen LogP contribution < -0.4 is 4.74 Å². The summed E-state index contributed by atoms with van der Waals surface area (Å²) in [5, 5.41) is 20.8. The summed E-state index contributed by atoms with van der Waals surface area (Å²) >= 11 is 0. The van der Waals surface area contributed by atoms with Crippen LogP contribution in [0.4, 0.5) is 0 Å². The predicted octanol–water partition coefficient (Wildman–Crippen LogP) is 6.08. The highest BCUT2D eigenvalue weighted by atomic mass is 16.5. The molecule has 8 atom stereocenters. The second-order valence-electron chi connectivity index (χ2n) is 12.3. The van der Waals surface area contributed by atoms with E-state index < -0.39 is 0 Å². The van der Waals surface area contributed by atoms with Crippen molar-refractivity contribution in [1.82, 2.24) is 0 Å². The number of ether oxygens (including phenoxy) is 2. The molecule has 1 aliphatic carbocycles. The predicted molar refractivity (Wildman–Crippen MR) is 137 cm³/mol. The van der Waals surface area contributed by atoms with E-state index in [-0.39, 0.29) is 35.4 Å². The lowest BCUT2D eigenvalue weighted by atomic mass is 9.63. The third kappa shape index (κ3) is 6.34. The van der Waals surface area contributed by atoms with E-state index in [1.165, 1.54) is 4.74 Å². The van der Waals surface area contributed by atoms with Crippen LogP contribution in [-0.2, 0) is 4.74 Å². The first kappa shape index (κ1) is 27.0. The SMILES string of the molecule is CC(CCCC1(C)CCC2C(C)C(O)C(C)C(C)C2O1)Oc1cccc(/C=[N+](/O)C(C)(C)C)c1. The topological polar surface area (TPSA) is 61.9 Å². The second-order valence-corrected chi connectivity index (χ2v) is 12.3. The molecule has 5 heteroatoms. The van der Waals surface area contributed by atoms with Gasteiger partial charge >= 0.3 is 0 Å². The Morgan fingerprint density at radius 3 is 2.59 bits per heavy atom. The van der Waals surface area contributed by atoms with E-state index in [0.717, 1.165) is 43.4 Å². The van der Waals surface area contributed by atoms with Crippen LogP contribution in [0, 0.1) is 23.7 Å². The van der Waals surface area contributed by atoms with Gasteiger partial charge in [0.25, 0.3) is 0 Å². The number of hydrogen-bond acceptors (Lipinski definition) is 4. The van der Waals surface area contributed by atoms with Crippen molar-refractivity contribution in [3.8, 4) is 5.75 Å². The molecule has 0 aromatic heterocycles. The van der Waals surface area contributed by atoms with Gasteiger partial charge in [-0.3, -0.25) is 5.21 Å². The van der Waals surface area contributed by atoms with Gasteiger partial charge in [-0.2, -0.15) is 0 Å². The Morgan fingerprint density at radius 1 is 1.21 bits per heavy atom. The Labute approximate surface area is 207 Å². The van der Waals surface area contributed by atoms with Crippen LogP contribution in [-0.4, -0.2) is 50.7 Å². The Kier molecular flexibility index (Phi) is 8.40. The molecule has 1 aromatic rings. The molecule has 2 N–H and O–H groups in total. The standard InChI is InChI=1S/C29H48NO4/c1-19(33-24-13-9-12-23(17-24)18-30(32)28(5,6)7)11-10-15-29(8)16-14-25-22(4)26(31)20(2)21(3)27(25)34-29/h9,12-13,17-22,25-27,31-32H,10-11,14-16H2,1-8H3/q+1/b30-18+. The van der Waals surface area contributed by atoms with Crippen LogP contribution in [0.2, 0.25) is 0 Å².